The number of benzene rings is 1. The van der Waals surface area contributed by atoms with Crippen LogP contribution in [0.1, 0.15) is 37.7 Å². The van der Waals surface area contributed by atoms with E-state index in [0.29, 0.717) is 12.0 Å². The molecule has 0 amide bonds. The molecule has 5 heteroatoms. The first-order valence-electron chi connectivity index (χ1n) is 8.31. The first-order valence-corrected chi connectivity index (χ1v) is 8.31. The van der Waals surface area contributed by atoms with Gasteiger partial charge in [0.15, 0.2) is 0 Å². The molecule has 1 radical (unpaired) electrons. The minimum atomic E-state index is -0.117. The fourth-order valence-corrected chi connectivity index (χ4v) is 3.65. The van der Waals surface area contributed by atoms with Crippen LogP contribution in [0.5, 0.6) is 5.75 Å². The molecule has 4 rings (SSSR count). The van der Waals surface area contributed by atoms with Crippen LogP contribution in [0, 0.1) is 5.92 Å². The van der Waals surface area contributed by atoms with E-state index in [9.17, 15) is 10.2 Å². The topological polar surface area (TPSA) is 69.4 Å². The first kappa shape index (κ1) is 18.3. The second-order valence-corrected chi connectivity index (χ2v) is 6.30. The second-order valence-electron chi connectivity index (χ2n) is 6.30. The number of fused-ring (bicyclic) bond motifs is 2. The van der Waals surface area contributed by atoms with E-state index in [1.54, 1.807) is 12.1 Å². The SMILES string of the molecule is OC1CCCC2CCC[N-]C12.[Mn+2].[O-]c1cccc2c1NCC=C2. The van der Waals surface area contributed by atoms with Gasteiger partial charge in [0, 0.05) is 18.3 Å². The van der Waals surface area contributed by atoms with Gasteiger partial charge in [-0.05, 0) is 12.0 Å². The molecule has 2 N–H and O–H groups in total. The molecule has 0 aromatic heterocycles. The molecular formula is C18H24MnN2O2. The van der Waals surface area contributed by atoms with Crippen LogP contribution >= 0.6 is 0 Å². The Hall–Kier alpha value is -1.00. The molecule has 4 nitrogen and oxygen atoms in total. The summed E-state index contributed by atoms with van der Waals surface area (Å²) in [4.78, 5) is 0. The van der Waals surface area contributed by atoms with Gasteiger partial charge in [0.05, 0.1) is 0 Å². The van der Waals surface area contributed by atoms with Crippen LogP contribution in [0.4, 0.5) is 5.69 Å². The zero-order valence-corrected chi connectivity index (χ0v) is 14.4. The summed E-state index contributed by atoms with van der Waals surface area (Å²) >= 11 is 0. The summed E-state index contributed by atoms with van der Waals surface area (Å²) in [5, 5.41) is 28.3. The van der Waals surface area contributed by atoms with Crippen molar-refractivity contribution in [2.75, 3.05) is 18.4 Å². The van der Waals surface area contributed by atoms with E-state index in [2.05, 4.69) is 10.6 Å². The van der Waals surface area contributed by atoms with E-state index in [1.807, 2.05) is 18.2 Å². The van der Waals surface area contributed by atoms with Gasteiger partial charge in [0.2, 0.25) is 0 Å². The van der Waals surface area contributed by atoms with Crippen molar-refractivity contribution in [3.63, 3.8) is 0 Å². The van der Waals surface area contributed by atoms with E-state index in [1.165, 1.54) is 25.7 Å². The fourth-order valence-electron chi connectivity index (χ4n) is 3.65. The molecule has 1 saturated carbocycles. The van der Waals surface area contributed by atoms with Crippen molar-refractivity contribution in [1.82, 2.24) is 0 Å². The van der Waals surface area contributed by atoms with Crippen molar-refractivity contribution in [3.8, 4) is 5.75 Å². The summed E-state index contributed by atoms with van der Waals surface area (Å²) in [7, 11) is 0. The molecule has 1 aliphatic carbocycles. The zero-order chi connectivity index (χ0) is 15.4. The molecule has 2 aliphatic heterocycles. The third-order valence-corrected chi connectivity index (χ3v) is 4.78. The molecule has 1 aromatic carbocycles. The van der Waals surface area contributed by atoms with Crippen LogP contribution in [0.3, 0.4) is 0 Å². The number of anilines is 1. The third-order valence-electron chi connectivity index (χ3n) is 4.78. The van der Waals surface area contributed by atoms with Gasteiger partial charge in [0.25, 0.3) is 0 Å². The van der Waals surface area contributed by atoms with Crippen molar-refractivity contribution >= 4 is 11.8 Å². The minimum Gasteiger partial charge on any atom is -0.871 e. The van der Waals surface area contributed by atoms with Crippen molar-refractivity contribution < 1.29 is 27.3 Å². The molecule has 1 aromatic rings. The van der Waals surface area contributed by atoms with E-state index >= 15 is 0 Å². The Morgan fingerprint density at radius 1 is 1.17 bits per heavy atom. The van der Waals surface area contributed by atoms with E-state index in [0.717, 1.165) is 30.8 Å². The normalized spacial score (nSPS) is 28.1. The van der Waals surface area contributed by atoms with Gasteiger partial charge in [-0.25, -0.2) is 0 Å². The summed E-state index contributed by atoms with van der Waals surface area (Å²) in [6, 6.07) is 5.58. The Labute approximate surface area is 148 Å². The van der Waals surface area contributed by atoms with Crippen LogP contribution < -0.4 is 10.4 Å². The Bertz CT molecular complexity index is 534. The van der Waals surface area contributed by atoms with Crippen molar-refractivity contribution in [2.24, 2.45) is 5.92 Å². The van der Waals surface area contributed by atoms with Gasteiger partial charge in [-0.2, -0.15) is 0 Å². The number of rotatable bonds is 0. The molecule has 23 heavy (non-hydrogen) atoms. The van der Waals surface area contributed by atoms with Gasteiger partial charge in [-0.1, -0.05) is 67.7 Å². The summed E-state index contributed by atoms with van der Waals surface area (Å²) in [6.45, 7) is 1.74. The van der Waals surface area contributed by atoms with Crippen molar-refractivity contribution in [3.05, 3.63) is 35.2 Å². The summed E-state index contributed by atoms with van der Waals surface area (Å²) in [5.41, 5.74) is 1.72. The maximum atomic E-state index is 11.2. The van der Waals surface area contributed by atoms with Crippen molar-refractivity contribution in [1.29, 1.82) is 0 Å². The molecule has 3 aliphatic rings. The Morgan fingerprint density at radius 3 is 2.78 bits per heavy atom. The second kappa shape index (κ2) is 8.74. The van der Waals surface area contributed by atoms with Crippen LogP contribution in [-0.2, 0) is 17.1 Å². The molecule has 2 heterocycles. The molecule has 1 saturated heterocycles. The molecule has 0 spiro atoms. The molecule has 3 atom stereocenters. The summed E-state index contributed by atoms with van der Waals surface area (Å²) in [5.74, 6) is 0.791. The zero-order valence-electron chi connectivity index (χ0n) is 13.2. The first-order chi connectivity index (χ1) is 10.8. The summed E-state index contributed by atoms with van der Waals surface area (Å²) < 4.78 is 0. The minimum absolute atomic E-state index is 0. The van der Waals surface area contributed by atoms with E-state index in [4.69, 9.17) is 0 Å². The number of nitrogens with one attached hydrogen (secondary N) is 1. The van der Waals surface area contributed by atoms with Gasteiger partial charge >= 0.3 is 17.1 Å². The quantitative estimate of drug-likeness (QED) is 0.703. The number of aliphatic hydroxyl groups excluding tert-OH is 1. The van der Waals surface area contributed by atoms with Gasteiger partial charge in [-0.15, -0.1) is 12.6 Å². The fraction of sp³-hybridized carbons (Fsp3) is 0.556. The maximum Gasteiger partial charge on any atom is 2.00 e. The smallest absolute Gasteiger partial charge is 0.871 e. The monoisotopic (exact) mass is 355 g/mol. The predicted molar refractivity (Wildman–Crippen MR) is 88.0 cm³/mol. The van der Waals surface area contributed by atoms with Gasteiger partial charge in [-0.3, -0.25) is 0 Å². The Balaban J connectivity index is 0.000000160. The van der Waals surface area contributed by atoms with Crippen LogP contribution in [0.15, 0.2) is 24.3 Å². The average Bonchev–Trinajstić information content (AvgIpc) is 2.57. The van der Waals surface area contributed by atoms with Crippen LogP contribution in [0.25, 0.3) is 11.4 Å². The number of hydrogen-bond acceptors (Lipinski definition) is 3. The average molecular weight is 355 g/mol. The van der Waals surface area contributed by atoms with Crippen LogP contribution in [-0.4, -0.2) is 30.3 Å². The summed E-state index contributed by atoms with van der Waals surface area (Å²) in [6.07, 6.45) is 9.87. The van der Waals surface area contributed by atoms with Gasteiger partial charge < -0.3 is 20.8 Å². The van der Waals surface area contributed by atoms with Crippen molar-refractivity contribution in [2.45, 2.75) is 44.2 Å². The Morgan fingerprint density at radius 2 is 2.00 bits per heavy atom. The van der Waals surface area contributed by atoms with Gasteiger partial charge in [0.1, 0.15) is 0 Å². The largest absolute Gasteiger partial charge is 2.00 e. The standard InChI is InChI=1S/C9H16NO.C9H9NO.Mn/c2*11-8-5-1-3-7-4-2-6-10-9(7)8;/h7-9,11H,1-6H2;1-5,10-11H,6H2;/q-1;;+2/p-1. The molecule has 3 unspecified atom stereocenters. The number of nitrogens with zero attached hydrogens (tertiary/aromatic N) is 1. The number of hydrogen-bond donors (Lipinski definition) is 2. The van der Waals surface area contributed by atoms with E-state index in [-0.39, 0.29) is 28.9 Å². The predicted octanol–water partition coefficient (Wildman–Crippen LogP) is 2.88. The third kappa shape index (κ3) is 4.51. The number of piperidine rings is 1. The molecular weight excluding hydrogens is 331 g/mol. The van der Waals surface area contributed by atoms with Crippen LogP contribution in [0.2, 0.25) is 0 Å². The molecule has 0 bridgehead atoms. The maximum absolute atomic E-state index is 11.2. The Kier molecular flexibility index (Phi) is 6.97. The number of para-hydroxylation sites is 1. The molecule has 2 fully saturated rings. The molecule has 125 valence electrons. The number of aliphatic hydroxyl groups is 1. The van der Waals surface area contributed by atoms with E-state index < -0.39 is 0 Å².